The van der Waals surface area contributed by atoms with Crippen molar-refractivity contribution in [3.05, 3.63) is 77.7 Å². The Hall–Kier alpha value is -9.34. The van der Waals surface area contributed by atoms with Crippen LogP contribution in [0.3, 0.4) is 0 Å². The number of carboxylic acid groups (broad SMARTS) is 1. The summed E-state index contributed by atoms with van der Waals surface area (Å²) in [6.07, 6.45) is -5.75. The highest BCUT2D eigenvalue weighted by molar-refractivity contribution is 6.07. The maximum absolute atomic E-state index is 15.3. The highest BCUT2D eigenvalue weighted by atomic mass is 16.5. The summed E-state index contributed by atoms with van der Waals surface area (Å²) in [6, 6.07) is -2.95. The highest BCUT2D eigenvalue weighted by Crippen LogP contribution is 2.30. The van der Waals surface area contributed by atoms with Gasteiger partial charge in [-0.2, -0.15) is 0 Å². The number of carbonyl (C=O) groups is 12. The van der Waals surface area contributed by atoms with E-state index in [2.05, 4.69) is 52.5 Å². The number of ether oxygens (including phenoxy) is 1. The number of para-hydroxylation sites is 2. The number of esters is 1. The van der Waals surface area contributed by atoms with Crippen molar-refractivity contribution >= 4 is 98.9 Å². The van der Waals surface area contributed by atoms with Gasteiger partial charge in [-0.25, -0.2) is 4.79 Å². The molecule has 3 aliphatic heterocycles. The van der Waals surface area contributed by atoms with Gasteiger partial charge in [-0.15, -0.1) is 0 Å². The smallest absolute Gasteiger partial charge is 0.331 e. The number of nitrogens with one attached hydrogen (secondary N) is 10. The molecule has 18 N–H and O–H groups in total. The van der Waals surface area contributed by atoms with Gasteiger partial charge in [0, 0.05) is 58.8 Å². The number of aliphatic carboxylic acids is 1. The normalized spacial score (nSPS) is 27.0. The summed E-state index contributed by atoms with van der Waals surface area (Å²) < 4.78 is 5.70. The van der Waals surface area contributed by atoms with Crippen molar-refractivity contribution in [2.24, 2.45) is 11.7 Å². The molecule has 492 valence electrons. The molecule has 2 unspecified atom stereocenters. The summed E-state index contributed by atoms with van der Waals surface area (Å²) in [5, 5.41) is 85.0. The first-order valence-electron chi connectivity index (χ1n) is 29.4. The first-order chi connectivity index (χ1) is 43.0. The minimum Gasteiger partial charge on any atom is -0.480 e. The van der Waals surface area contributed by atoms with Crippen LogP contribution in [-0.2, 0) is 62.3 Å². The lowest BCUT2D eigenvalue weighted by Crippen LogP contribution is -2.64. The van der Waals surface area contributed by atoms with Gasteiger partial charge in [-0.1, -0.05) is 57.2 Å². The van der Waals surface area contributed by atoms with Crippen LogP contribution in [0.5, 0.6) is 0 Å². The largest absolute Gasteiger partial charge is 0.480 e. The molecular weight excluding hydrogens is 1190 g/mol. The first kappa shape index (κ1) is 69.1. The molecule has 2 aromatic carbocycles. The van der Waals surface area contributed by atoms with Gasteiger partial charge in [0.1, 0.15) is 60.1 Å². The fourth-order valence-electron chi connectivity index (χ4n) is 10.9. The van der Waals surface area contributed by atoms with Gasteiger partial charge in [0.2, 0.25) is 53.2 Å². The van der Waals surface area contributed by atoms with Gasteiger partial charge in [-0.3, -0.25) is 52.7 Å². The molecule has 32 heteroatoms. The Balaban J connectivity index is 1.31. The molecule has 0 bridgehead atoms. The molecule has 91 heavy (non-hydrogen) atoms. The quantitative estimate of drug-likeness (QED) is 0.0440. The van der Waals surface area contributed by atoms with Gasteiger partial charge in [0.25, 0.3) is 5.91 Å². The molecule has 0 saturated carbocycles. The number of aliphatic hydroxyl groups excluding tert-OH is 5. The fourth-order valence-corrected chi connectivity index (χ4v) is 10.9. The van der Waals surface area contributed by atoms with Crippen LogP contribution in [0.4, 0.5) is 0 Å². The van der Waals surface area contributed by atoms with Crippen molar-refractivity contribution in [2.45, 2.75) is 152 Å². The number of nitrogens with zero attached hydrogens (tertiary/aromatic N) is 2. The molecule has 4 aromatic rings. The molecule has 15 atom stereocenters. The van der Waals surface area contributed by atoms with E-state index in [0.29, 0.717) is 32.9 Å². The van der Waals surface area contributed by atoms with E-state index in [4.69, 9.17) is 10.5 Å². The zero-order valence-corrected chi connectivity index (χ0v) is 50.5. The predicted molar refractivity (Wildman–Crippen MR) is 319 cm³/mol. The molecule has 32 nitrogen and oxygen atoms in total. The summed E-state index contributed by atoms with van der Waals surface area (Å²) in [7, 11) is 0. The van der Waals surface area contributed by atoms with Crippen LogP contribution in [0.2, 0.25) is 0 Å². The Bertz CT molecular complexity index is 3460. The Morgan fingerprint density at radius 1 is 0.736 bits per heavy atom. The number of aromatic nitrogens is 2. The van der Waals surface area contributed by atoms with Crippen molar-refractivity contribution in [2.75, 3.05) is 26.2 Å². The lowest BCUT2D eigenvalue weighted by Gasteiger charge is -2.35. The summed E-state index contributed by atoms with van der Waals surface area (Å²) in [4.78, 5) is 176. The van der Waals surface area contributed by atoms with E-state index in [1.807, 2.05) is 0 Å². The van der Waals surface area contributed by atoms with E-state index < -0.39 is 200 Å². The first-order valence-corrected chi connectivity index (χ1v) is 29.4. The lowest BCUT2D eigenvalue weighted by atomic mass is 9.91. The summed E-state index contributed by atoms with van der Waals surface area (Å²) in [5.74, 6) is -16.5. The molecule has 5 heterocycles. The van der Waals surface area contributed by atoms with Gasteiger partial charge in [-0.05, 0) is 63.3 Å². The minimum atomic E-state index is -2.19. The van der Waals surface area contributed by atoms with E-state index in [1.54, 1.807) is 61.7 Å². The van der Waals surface area contributed by atoms with Crippen molar-refractivity contribution in [3.63, 3.8) is 0 Å². The molecule has 0 radical (unpaired) electrons. The summed E-state index contributed by atoms with van der Waals surface area (Å²) in [6.45, 7) is 5.13. The summed E-state index contributed by atoms with van der Waals surface area (Å²) >= 11 is 0. The topological polar surface area (TPSA) is 496 Å². The zero-order valence-electron chi connectivity index (χ0n) is 50.5. The minimum absolute atomic E-state index is 0.153. The standard InChI is InChI=1S/C59H77N13O19/c1-25(2)49(79)46-57(87)72-18-16-40(76)48(72)59(90)91-29(6)45(69-52(82)38(24-73)65-41(77)20-34(60)58(88)89)55(85)68-44(28(5)74)54(84)64-27(4)50(80)63-23-42(78)71-17-15-39(75)47(71)56(86)66-37(19-30-21-61-35-13-9-7-11-31(30)35)51(81)67-43(53(83)70-46)26(3)33-22-62-36-14-10-8-12-32(33)36/h7-14,19,21-22,25-29,34,38-40,43-49,61-62,73-76,79H,15-18,20,23-24,60H2,1-6H3,(H,63,80)(H,64,84)(H,65,77)(H,66,86)(H,67,81)(H,68,85)(H,69,82)(H,70,83)(H,88,89)/b37-19-/t26?,27-,28-,29+,34-,38-,39-,40+,43-,44-,45-,46?,47-,48-,49-/m0/s1. The highest BCUT2D eigenvalue weighted by Gasteiger charge is 2.49. The number of amides is 10. The van der Waals surface area contributed by atoms with E-state index >= 15 is 14.4 Å². The van der Waals surface area contributed by atoms with E-state index in [1.165, 1.54) is 26.1 Å². The van der Waals surface area contributed by atoms with Crippen molar-refractivity contribution in [1.29, 1.82) is 0 Å². The lowest BCUT2D eigenvalue weighted by molar-refractivity contribution is -0.164. The van der Waals surface area contributed by atoms with Crippen LogP contribution in [0.25, 0.3) is 27.9 Å². The number of rotatable bonds is 13. The Labute approximate surface area is 519 Å². The number of benzene rings is 2. The maximum Gasteiger partial charge on any atom is 0.331 e. The Kier molecular flexibility index (Phi) is 22.8. The molecule has 3 saturated heterocycles. The number of aromatic amines is 2. The monoisotopic (exact) mass is 1270 g/mol. The average Bonchev–Trinajstić information content (AvgIpc) is 2.13. The second-order valence-corrected chi connectivity index (χ2v) is 23.1. The van der Waals surface area contributed by atoms with Crippen LogP contribution < -0.4 is 48.3 Å². The number of fused-ring (bicyclic) bond motifs is 4. The third-order valence-corrected chi connectivity index (χ3v) is 16.2. The van der Waals surface area contributed by atoms with Crippen LogP contribution in [-0.4, -0.2) is 233 Å². The molecular formula is C59H77N13O19. The number of nitrogens with two attached hydrogens (primary N) is 1. The molecule has 3 fully saturated rings. The fraction of sp³-hybridized carbons (Fsp3) is 0.492. The van der Waals surface area contributed by atoms with Crippen LogP contribution >= 0.6 is 0 Å². The third kappa shape index (κ3) is 16.2. The van der Waals surface area contributed by atoms with E-state index in [-0.39, 0.29) is 19.4 Å². The average molecular weight is 1270 g/mol. The van der Waals surface area contributed by atoms with Crippen LogP contribution in [0, 0.1) is 5.92 Å². The van der Waals surface area contributed by atoms with E-state index in [9.17, 15) is 73.8 Å². The number of aliphatic hydroxyl groups is 5. The number of hydrogen-bond donors (Lipinski definition) is 17. The van der Waals surface area contributed by atoms with Crippen LogP contribution in [0.1, 0.15) is 77.8 Å². The predicted octanol–water partition coefficient (Wildman–Crippen LogP) is -4.98. The SMILES string of the molecule is CC(C)[C@H](O)C1NC(=O)[C@H](C(C)c2c[nH]c3ccccc23)NC(=O)/C(=C/c2c[nH]c3ccccc23)NC(=O)[C@@H]2[C@@H](O)CCN2C(=O)CNC(=O)[C@H](C)NC(=O)[C@H]([C@H](C)O)NC(=O)[C@@H](NC(=O)[C@H](CO)NC(=O)C[C@H](N)C(=O)O)[C@@H](C)OC(=O)[C@@H]2[C@H](O)CCN2C1=O. The zero-order chi connectivity index (χ0) is 66.9. The Morgan fingerprint density at radius 2 is 1.33 bits per heavy atom. The van der Waals surface area contributed by atoms with Crippen molar-refractivity contribution in [3.8, 4) is 0 Å². The second kappa shape index (κ2) is 30.0. The molecule has 2 aromatic heterocycles. The molecule has 0 spiro atoms. The van der Waals surface area contributed by atoms with Gasteiger partial charge < -0.3 is 103 Å². The third-order valence-electron chi connectivity index (χ3n) is 16.2. The second-order valence-electron chi connectivity index (χ2n) is 23.1. The number of hydrogen-bond acceptors (Lipinski definition) is 19. The molecule has 7 rings (SSSR count). The number of carboxylic acids is 1. The Morgan fingerprint density at radius 3 is 1.97 bits per heavy atom. The van der Waals surface area contributed by atoms with E-state index in [0.717, 1.165) is 30.6 Å². The maximum atomic E-state index is 15.3. The molecule has 3 aliphatic rings. The van der Waals surface area contributed by atoms with Crippen molar-refractivity contribution < 1.29 is 92.9 Å². The van der Waals surface area contributed by atoms with Gasteiger partial charge >= 0.3 is 11.9 Å². The van der Waals surface area contributed by atoms with Crippen molar-refractivity contribution in [1.82, 2.24) is 62.3 Å². The van der Waals surface area contributed by atoms with Gasteiger partial charge in [0.05, 0.1) is 44.0 Å². The van der Waals surface area contributed by atoms with Crippen LogP contribution in [0.15, 0.2) is 66.6 Å². The number of carbonyl (C=O) groups excluding carboxylic acids is 11. The number of cyclic esters (lactones) is 1. The number of H-pyrrole nitrogens is 2. The molecule has 10 amide bonds. The summed E-state index contributed by atoms with van der Waals surface area (Å²) in [5.41, 5.74) is 7.01. The van der Waals surface area contributed by atoms with Gasteiger partial charge in [0.15, 0.2) is 6.04 Å². The molecule has 0 aliphatic carbocycles.